The first-order valence-electron chi connectivity index (χ1n) is 4.25. The fourth-order valence-corrected chi connectivity index (χ4v) is 1.36. The number of carboxylic acid groups (broad SMARTS) is 1. The van der Waals surface area contributed by atoms with E-state index in [1.807, 2.05) is 0 Å². The first-order chi connectivity index (χ1) is 7.38. The summed E-state index contributed by atoms with van der Waals surface area (Å²) in [4.78, 5) is 17.6. The van der Waals surface area contributed by atoms with Crippen LogP contribution < -0.4 is 0 Å². The summed E-state index contributed by atoms with van der Waals surface area (Å²) in [5.41, 5.74) is -0.901. The number of allylic oxidation sites excluding steroid dienone is 1. The van der Waals surface area contributed by atoms with Gasteiger partial charge in [0.05, 0.1) is 5.57 Å². The van der Waals surface area contributed by atoms with Crippen LogP contribution in [0, 0.1) is 0 Å². The molecule has 2 rings (SSSR count). The average Bonchev–Trinajstić information content (AvgIpc) is 2.58. The molecule has 2 aliphatic heterocycles. The molecule has 2 heterocycles. The second-order valence-corrected chi connectivity index (χ2v) is 3.25. The van der Waals surface area contributed by atoms with Gasteiger partial charge < -0.3 is 5.11 Å². The van der Waals surface area contributed by atoms with Crippen molar-refractivity contribution >= 4 is 17.5 Å². The Morgan fingerprint density at radius 1 is 1.44 bits per heavy atom. The Kier molecular flexibility index (Phi) is 2.18. The molecule has 1 N–H and O–H groups in total. The largest absolute Gasteiger partial charge is 0.477 e. The molecule has 0 aliphatic carbocycles. The van der Waals surface area contributed by atoms with Gasteiger partial charge in [0.25, 0.3) is 0 Å². The zero-order valence-corrected chi connectivity index (χ0v) is 7.75. The van der Waals surface area contributed by atoms with Gasteiger partial charge in [0.15, 0.2) is 11.5 Å². The van der Waals surface area contributed by atoms with Gasteiger partial charge in [-0.3, -0.25) is 0 Å². The molecule has 0 aromatic heterocycles. The number of amidine groups is 1. The van der Waals surface area contributed by atoms with E-state index in [1.54, 1.807) is 0 Å². The Balaban J connectivity index is 2.30. The van der Waals surface area contributed by atoms with Crippen LogP contribution >= 0.6 is 0 Å². The van der Waals surface area contributed by atoms with Gasteiger partial charge in [-0.15, -0.1) is 0 Å². The Morgan fingerprint density at radius 3 is 2.69 bits per heavy atom. The molecule has 0 bridgehead atoms. The summed E-state index contributed by atoms with van der Waals surface area (Å²) < 4.78 is 37.0. The number of carbonyl (C=O) groups is 1. The van der Waals surface area contributed by atoms with Gasteiger partial charge in [0, 0.05) is 18.2 Å². The Hall–Kier alpha value is -1.92. The average molecular weight is 230 g/mol. The highest BCUT2D eigenvalue weighted by atomic mass is 19.4. The quantitative estimate of drug-likeness (QED) is 0.745. The maximum Gasteiger partial charge on any atom is 0.414 e. The van der Waals surface area contributed by atoms with Crippen molar-refractivity contribution in [1.29, 1.82) is 0 Å². The molecule has 0 aromatic carbocycles. The number of rotatable bonds is 1. The lowest BCUT2D eigenvalue weighted by molar-refractivity contribution is -0.129. The molecule has 2 aliphatic rings. The van der Waals surface area contributed by atoms with Gasteiger partial charge in [-0.1, -0.05) is 0 Å². The molecular formula is C9H5F3N2O2. The molecule has 0 unspecified atom stereocenters. The molecule has 16 heavy (non-hydrogen) atoms. The standard InChI is InChI=1S/C9H5F3N2O2/c10-9(11,12)5-1-4-2-6(8(15)16)14-7(4)13-3-5/h2-3H,1H2,(H,15,16). The fraction of sp³-hybridized carbons (Fsp3) is 0.222. The number of aliphatic carboxylic acids is 1. The van der Waals surface area contributed by atoms with Crippen molar-refractivity contribution in [2.24, 2.45) is 9.98 Å². The molecule has 84 valence electrons. The summed E-state index contributed by atoms with van der Waals surface area (Å²) in [5.74, 6) is -1.23. The highest BCUT2D eigenvalue weighted by molar-refractivity contribution is 6.45. The molecule has 0 radical (unpaired) electrons. The monoisotopic (exact) mass is 230 g/mol. The summed E-state index contributed by atoms with van der Waals surface area (Å²) in [6.45, 7) is 0. The highest BCUT2D eigenvalue weighted by Crippen LogP contribution is 2.34. The first-order valence-corrected chi connectivity index (χ1v) is 4.25. The van der Waals surface area contributed by atoms with Crippen molar-refractivity contribution in [3.05, 3.63) is 23.4 Å². The van der Waals surface area contributed by atoms with Gasteiger partial charge >= 0.3 is 12.1 Å². The van der Waals surface area contributed by atoms with E-state index in [0.29, 0.717) is 6.20 Å². The summed E-state index contributed by atoms with van der Waals surface area (Å²) in [6, 6.07) is 0. The van der Waals surface area contributed by atoms with Crippen molar-refractivity contribution < 1.29 is 23.1 Å². The van der Waals surface area contributed by atoms with Crippen molar-refractivity contribution in [1.82, 2.24) is 0 Å². The molecule has 0 saturated heterocycles. The van der Waals surface area contributed by atoms with Crippen molar-refractivity contribution in [2.45, 2.75) is 12.6 Å². The maximum absolute atomic E-state index is 12.3. The number of carboxylic acids is 1. The van der Waals surface area contributed by atoms with Crippen LogP contribution in [0.25, 0.3) is 0 Å². The van der Waals surface area contributed by atoms with Gasteiger partial charge in [-0.2, -0.15) is 13.2 Å². The normalized spacial score (nSPS) is 19.4. The third-order valence-corrected chi connectivity index (χ3v) is 2.13. The molecule has 0 spiro atoms. The fourth-order valence-electron chi connectivity index (χ4n) is 1.36. The number of fused-ring (bicyclic) bond motifs is 1. The van der Waals surface area contributed by atoms with E-state index in [4.69, 9.17) is 5.11 Å². The minimum absolute atomic E-state index is 0.0467. The summed E-state index contributed by atoms with van der Waals surface area (Å²) in [5, 5.41) is 8.62. The summed E-state index contributed by atoms with van der Waals surface area (Å²) in [7, 11) is 0. The third-order valence-electron chi connectivity index (χ3n) is 2.13. The third kappa shape index (κ3) is 1.75. The van der Waals surface area contributed by atoms with Crippen LogP contribution in [-0.4, -0.2) is 28.8 Å². The zero-order chi connectivity index (χ0) is 11.9. The van der Waals surface area contributed by atoms with E-state index in [0.717, 1.165) is 6.08 Å². The predicted molar refractivity (Wildman–Crippen MR) is 49.3 cm³/mol. The first kappa shape index (κ1) is 10.6. The lowest BCUT2D eigenvalue weighted by Crippen LogP contribution is -2.16. The molecule has 0 saturated carbocycles. The molecule has 0 amide bonds. The van der Waals surface area contributed by atoms with Gasteiger partial charge in [0.1, 0.15) is 0 Å². The minimum atomic E-state index is -4.44. The molecule has 7 heteroatoms. The lowest BCUT2D eigenvalue weighted by atomic mass is 10.0. The molecule has 0 fully saturated rings. The molecular weight excluding hydrogens is 225 g/mol. The zero-order valence-electron chi connectivity index (χ0n) is 7.75. The number of hydrogen-bond acceptors (Lipinski definition) is 3. The molecule has 0 atom stereocenters. The lowest BCUT2D eigenvalue weighted by Gasteiger charge is -2.14. The van der Waals surface area contributed by atoms with Crippen molar-refractivity contribution in [3.63, 3.8) is 0 Å². The second kappa shape index (κ2) is 3.29. The van der Waals surface area contributed by atoms with E-state index < -0.39 is 17.7 Å². The van der Waals surface area contributed by atoms with Crippen LogP contribution in [0.5, 0.6) is 0 Å². The Labute approximate surface area is 87.5 Å². The second-order valence-electron chi connectivity index (χ2n) is 3.25. The van der Waals surface area contributed by atoms with Gasteiger partial charge in [-0.05, 0) is 6.08 Å². The van der Waals surface area contributed by atoms with Crippen LogP contribution in [0.2, 0.25) is 0 Å². The number of halogens is 3. The smallest absolute Gasteiger partial charge is 0.414 e. The van der Waals surface area contributed by atoms with Crippen LogP contribution in [0.3, 0.4) is 0 Å². The van der Waals surface area contributed by atoms with Crippen LogP contribution in [0.1, 0.15) is 6.42 Å². The topological polar surface area (TPSA) is 62.0 Å². The van der Waals surface area contributed by atoms with E-state index in [1.165, 1.54) is 0 Å². The number of hydrogen-bond donors (Lipinski definition) is 1. The van der Waals surface area contributed by atoms with Crippen molar-refractivity contribution in [3.8, 4) is 0 Å². The summed E-state index contributed by atoms with van der Waals surface area (Å²) in [6.07, 6.45) is -3.04. The highest BCUT2D eigenvalue weighted by Gasteiger charge is 2.37. The van der Waals surface area contributed by atoms with E-state index in [9.17, 15) is 18.0 Å². The van der Waals surface area contributed by atoms with Crippen molar-refractivity contribution in [2.75, 3.05) is 0 Å². The number of nitrogens with zero attached hydrogens (tertiary/aromatic N) is 2. The minimum Gasteiger partial charge on any atom is -0.477 e. The van der Waals surface area contributed by atoms with Gasteiger partial charge in [0.2, 0.25) is 0 Å². The van der Waals surface area contributed by atoms with Crippen LogP contribution in [-0.2, 0) is 4.79 Å². The molecule has 4 nitrogen and oxygen atoms in total. The van der Waals surface area contributed by atoms with E-state index >= 15 is 0 Å². The van der Waals surface area contributed by atoms with Gasteiger partial charge in [-0.25, -0.2) is 14.8 Å². The Morgan fingerprint density at radius 2 is 2.12 bits per heavy atom. The SMILES string of the molecule is O=C(O)C1=NC2=NC=C(C(F)(F)F)CC2=C1. The molecule has 0 aromatic rings. The predicted octanol–water partition coefficient (Wildman–Crippen LogP) is 1.70. The maximum atomic E-state index is 12.3. The summed E-state index contributed by atoms with van der Waals surface area (Å²) >= 11 is 0. The van der Waals surface area contributed by atoms with Crippen LogP contribution in [0.4, 0.5) is 13.2 Å². The number of aliphatic imine (C=N–C) groups is 2. The Bertz CT molecular complexity index is 483. The van der Waals surface area contributed by atoms with E-state index in [2.05, 4.69) is 9.98 Å². The van der Waals surface area contributed by atoms with Crippen LogP contribution in [0.15, 0.2) is 33.4 Å². The van der Waals surface area contributed by atoms with E-state index in [-0.39, 0.29) is 23.5 Å². The number of alkyl halides is 3.